The van der Waals surface area contributed by atoms with Gasteiger partial charge in [-0.05, 0) is 0 Å². The fourth-order valence-corrected chi connectivity index (χ4v) is 2.13. The fraction of sp³-hybridized carbons (Fsp3) is 0.333. The van der Waals surface area contributed by atoms with Crippen molar-refractivity contribution < 1.29 is 5.48 Å². The Balaban J connectivity index is 0.000001000. The normalized spacial score (nSPS) is 11.9. The maximum absolute atomic E-state index is 2.36. The molecule has 2 heteroatoms. The van der Waals surface area contributed by atoms with Gasteiger partial charge in [-0.25, -0.2) is 0 Å². The van der Waals surface area contributed by atoms with Gasteiger partial charge in [-0.1, -0.05) is 0 Å². The molecule has 0 fully saturated rings. The fourth-order valence-electron chi connectivity index (χ4n) is 0.938. The van der Waals surface area contributed by atoms with Gasteiger partial charge in [-0.2, -0.15) is 0 Å². The van der Waals surface area contributed by atoms with Crippen molar-refractivity contribution in [2.75, 3.05) is 20.0 Å². The Hall–Kier alpha value is -0.390. The van der Waals surface area contributed by atoms with Crippen molar-refractivity contribution >= 4 is 12.6 Å². The van der Waals surface area contributed by atoms with E-state index in [9.17, 15) is 0 Å². The number of hydrogen-bond acceptors (Lipinski definition) is 0. The second kappa shape index (κ2) is 3.85. The Morgan fingerprint density at radius 2 is 1.36 bits per heavy atom. The van der Waals surface area contributed by atoms with Crippen LogP contribution in [0.4, 0.5) is 0 Å². The monoisotopic (exact) mass is 172 g/mol. The molecule has 0 spiro atoms. The molecule has 0 saturated carbocycles. The molecule has 0 aliphatic carbocycles. The molecule has 0 heterocycles. The summed E-state index contributed by atoms with van der Waals surface area (Å²) in [5.74, 6) is 0. The Morgan fingerprint density at radius 3 is 1.64 bits per heavy atom. The molecule has 0 atom stereocenters. The van der Waals surface area contributed by atoms with E-state index in [1.54, 1.807) is 0 Å². The van der Waals surface area contributed by atoms with Crippen LogP contribution in [0.2, 0.25) is 0 Å². The topological polar surface area (TPSA) is 31.5 Å². The molecule has 1 rings (SSSR count). The molecule has 11 heavy (non-hydrogen) atoms. The van der Waals surface area contributed by atoms with Gasteiger partial charge in [-0.15, -0.1) is 0 Å². The van der Waals surface area contributed by atoms with Crippen LogP contribution in [0, 0.1) is 0 Å². The largest absolute Gasteiger partial charge is 0.412 e. The van der Waals surface area contributed by atoms with Crippen molar-refractivity contribution in [3.63, 3.8) is 0 Å². The van der Waals surface area contributed by atoms with Gasteiger partial charge in [0.2, 0.25) is 0 Å². The average molecular weight is 172 g/mol. The zero-order chi connectivity index (χ0) is 7.61. The molecule has 0 aliphatic heterocycles. The summed E-state index contributed by atoms with van der Waals surface area (Å²) >= 11 is 0. The molecule has 0 bridgehead atoms. The van der Waals surface area contributed by atoms with Crippen LogP contribution < -0.4 is 5.30 Å². The van der Waals surface area contributed by atoms with Crippen molar-refractivity contribution in [3.05, 3.63) is 30.3 Å². The molecule has 1 aromatic rings. The smallest absolute Gasteiger partial charge is 0.412 e. The summed E-state index contributed by atoms with van der Waals surface area (Å²) in [6, 6.07) is 10.8. The third kappa shape index (κ3) is 3.00. The van der Waals surface area contributed by atoms with Gasteiger partial charge >= 0.3 is 62.9 Å². The summed E-state index contributed by atoms with van der Waals surface area (Å²) in [6.45, 7) is 7.09. The summed E-state index contributed by atoms with van der Waals surface area (Å²) in [4.78, 5) is 0. The molecular formula is C9H17OP. The molecular weight excluding hydrogens is 155 g/mol. The third-order valence-corrected chi connectivity index (χ3v) is 3.71. The van der Waals surface area contributed by atoms with Crippen LogP contribution in [0.25, 0.3) is 0 Å². The Morgan fingerprint density at radius 1 is 0.909 bits per heavy atom. The summed E-state index contributed by atoms with van der Waals surface area (Å²) in [7, 11) is -1.03. The van der Waals surface area contributed by atoms with Crippen LogP contribution in [0.3, 0.4) is 0 Å². The van der Waals surface area contributed by atoms with Gasteiger partial charge < -0.3 is 5.48 Å². The first-order valence-electron chi connectivity index (χ1n) is 3.66. The van der Waals surface area contributed by atoms with Crippen molar-refractivity contribution in [1.82, 2.24) is 0 Å². The van der Waals surface area contributed by atoms with Gasteiger partial charge in [0.25, 0.3) is 0 Å². The summed E-state index contributed by atoms with van der Waals surface area (Å²) in [5.41, 5.74) is 0. The molecule has 0 unspecified atom stereocenters. The maximum Gasteiger partial charge on any atom is -0.412 e. The second-order valence-electron chi connectivity index (χ2n) is 3.62. The van der Waals surface area contributed by atoms with Crippen molar-refractivity contribution in [2.24, 2.45) is 0 Å². The summed E-state index contributed by atoms with van der Waals surface area (Å²) in [6.07, 6.45) is 0. The predicted octanol–water partition coefficient (Wildman–Crippen LogP) is 1.13. The van der Waals surface area contributed by atoms with E-state index >= 15 is 0 Å². The predicted molar refractivity (Wildman–Crippen MR) is 55.8 cm³/mol. The molecule has 0 aliphatic rings. The Bertz CT molecular complexity index is 201. The van der Waals surface area contributed by atoms with Crippen molar-refractivity contribution in [3.8, 4) is 0 Å². The van der Waals surface area contributed by atoms with Crippen molar-refractivity contribution in [1.29, 1.82) is 0 Å². The van der Waals surface area contributed by atoms with Crippen LogP contribution >= 0.6 is 7.26 Å². The third-order valence-electron chi connectivity index (χ3n) is 1.64. The molecule has 64 valence electrons. The van der Waals surface area contributed by atoms with Gasteiger partial charge in [0.05, 0.1) is 0 Å². The summed E-state index contributed by atoms with van der Waals surface area (Å²) in [5, 5.41) is 1.54. The van der Waals surface area contributed by atoms with Gasteiger partial charge in [0, 0.05) is 0 Å². The standard InChI is InChI=1S/C9H15P.H2O/c1-10(2,3)9-7-5-4-6-8-9;/h4-8,10H,1-3H3;1H2. The van der Waals surface area contributed by atoms with Crippen LogP contribution in [0.1, 0.15) is 0 Å². The minimum atomic E-state index is -1.03. The number of rotatable bonds is 1. The maximum atomic E-state index is 2.36. The molecule has 0 amide bonds. The van der Waals surface area contributed by atoms with E-state index in [0.717, 1.165) is 0 Å². The minimum Gasteiger partial charge on any atom is -0.412 e. The first-order chi connectivity index (χ1) is 4.61. The van der Waals surface area contributed by atoms with Crippen LogP contribution in [0.15, 0.2) is 30.3 Å². The van der Waals surface area contributed by atoms with Crippen LogP contribution in [0.5, 0.6) is 0 Å². The van der Waals surface area contributed by atoms with Crippen LogP contribution in [-0.2, 0) is 0 Å². The van der Waals surface area contributed by atoms with Gasteiger partial charge in [0.1, 0.15) is 0 Å². The zero-order valence-corrected chi connectivity index (χ0v) is 8.39. The molecule has 1 aromatic carbocycles. The number of hydrogen-bond donors (Lipinski definition) is 0. The molecule has 0 radical (unpaired) electrons. The van der Waals surface area contributed by atoms with Crippen LogP contribution in [-0.4, -0.2) is 25.5 Å². The quantitative estimate of drug-likeness (QED) is 0.569. The van der Waals surface area contributed by atoms with Crippen molar-refractivity contribution in [2.45, 2.75) is 0 Å². The molecule has 2 N–H and O–H groups in total. The molecule has 1 nitrogen and oxygen atoms in total. The van der Waals surface area contributed by atoms with E-state index in [1.807, 2.05) is 0 Å². The Kier molecular flexibility index (Phi) is 3.71. The van der Waals surface area contributed by atoms with E-state index in [4.69, 9.17) is 0 Å². The van der Waals surface area contributed by atoms with E-state index < -0.39 is 7.26 Å². The molecule has 0 saturated heterocycles. The summed E-state index contributed by atoms with van der Waals surface area (Å²) < 4.78 is 0. The van der Waals surface area contributed by atoms with E-state index in [0.29, 0.717) is 0 Å². The SMILES string of the molecule is C[PH](C)(C)c1ccccc1.O. The average Bonchev–Trinajstić information content (AvgIpc) is 1.88. The molecule has 0 aromatic heterocycles. The number of benzene rings is 1. The van der Waals surface area contributed by atoms with Gasteiger partial charge in [-0.3, -0.25) is 0 Å². The first-order valence-corrected chi connectivity index (χ1v) is 7.16. The second-order valence-corrected chi connectivity index (χ2v) is 8.69. The van der Waals surface area contributed by atoms with Gasteiger partial charge in [0.15, 0.2) is 0 Å². The first kappa shape index (κ1) is 10.6. The zero-order valence-electron chi connectivity index (χ0n) is 7.39. The van der Waals surface area contributed by atoms with E-state index in [2.05, 4.69) is 50.3 Å². The minimum absolute atomic E-state index is 0. The van der Waals surface area contributed by atoms with E-state index in [-0.39, 0.29) is 5.48 Å². The Labute approximate surface area is 69.1 Å². The van der Waals surface area contributed by atoms with E-state index in [1.165, 1.54) is 5.30 Å².